The Morgan fingerprint density at radius 2 is 1.70 bits per heavy atom. The van der Waals surface area contributed by atoms with E-state index in [1.165, 1.54) is 5.56 Å². The van der Waals surface area contributed by atoms with Crippen LogP contribution in [-0.4, -0.2) is 32.7 Å². The zero-order valence-corrected chi connectivity index (χ0v) is 12.6. The molecule has 0 bridgehead atoms. The summed E-state index contributed by atoms with van der Waals surface area (Å²) in [5.74, 6) is 6.48. The van der Waals surface area contributed by atoms with E-state index < -0.39 is 0 Å². The molecule has 1 aromatic carbocycles. The summed E-state index contributed by atoms with van der Waals surface area (Å²) in [6, 6.07) is 8.01. The number of nitrogens with one attached hydrogen (secondary N) is 1. The van der Waals surface area contributed by atoms with Gasteiger partial charge in [-0.15, -0.1) is 0 Å². The van der Waals surface area contributed by atoms with Gasteiger partial charge in [0, 0.05) is 13.2 Å². The summed E-state index contributed by atoms with van der Waals surface area (Å²) >= 11 is 0. The summed E-state index contributed by atoms with van der Waals surface area (Å²) in [7, 11) is 1.66. The maximum atomic E-state index is 5.61. The van der Waals surface area contributed by atoms with E-state index in [0.29, 0.717) is 13.2 Å². The molecule has 1 atom stereocenters. The Morgan fingerprint density at radius 3 is 2.15 bits per heavy atom. The van der Waals surface area contributed by atoms with Crippen molar-refractivity contribution in [2.75, 3.05) is 20.3 Å². The minimum absolute atomic E-state index is 0.0306. The fourth-order valence-corrected chi connectivity index (χ4v) is 2.02. The third-order valence-electron chi connectivity index (χ3n) is 3.11. The topological polar surface area (TPSA) is 65.7 Å². The van der Waals surface area contributed by atoms with Gasteiger partial charge >= 0.3 is 0 Å². The molecule has 0 aliphatic rings. The van der Waals surface area contributed by atoms with E-state index in [-0.39, 0.29) is 12.3 Å². The van der Waals surface area contributed by atoms with Crippen molar-refractivity contribution < 1.29 is 14.2 Å². The predicted molar refractivity (Wildman–Crippen MR) is 79.5 cm³/mol. The van der Waals surface area contributed by atoms with E-state index in [4.69, 9.17) is 20.1 Å². The minimum Gasteiger partial charge on any atom is -0.497 e. The Balaban J connectivity index is 2.53. The van der Waals surface area contributed by atoms with E-state index in [1.807, 2.05) is 26.0 Å². The summed E-state index contributed by atoms with van der Waals surface area (Å²) in [4.78, 5) is 0. The zero-order valence-electron chi connectivity index (χ0n) is 12.6. The van der Waals surface area contributed by atoms with Crippen LogP contribution < -0.4 is 16.0 Å². The molecule has 5 nitrogen and oxygen atoms in total. The van der Waals surface area contributed by atoms with Gasteiger partial charge in [-0.05, 0) is 44.4 Å². The highest BCUT2D eigenvalue weighted by atomic mass is 16.7. The van der Waals surface area contributed by atoms with Crippen LogP contribution in [0, 0.1) is 0 Å². The Bertz CT molecular complexity index is 351. The van der Waals surface area contributed by atoms with Crippen molar-refractivity contribution >= 4 is 0 Å². The first-order valence-electron chi connectivity index (χ1n) is 7.07. The predicted octanol–water partition coefficient (Wildman–Crippen LogP) is 1.86. The molecule has 0 spiro atoms. The number of nitrogens with two attached hydrogens (primary N) is 1. The Morgan fingerprint density at radius 1 is 1.10 bits per heavy atom. The second kappa shape index (κ2) is 9.72. The molecule has 0 radical (unpaired) electrons. The lowest BCUT2D eigenvalue weighted by molar-refractivity contribution is -0.155. The molecular weight excluding hydrogens is 256 g/mol. The summed E-state index contributed by atoms with van der Waals surface area (Å²) in [6.45, 7) is 5.10. The van der Waals surface area contributed by atoms with Gasteiger partial charge < -0.3 is 14.2 Å². The highest BCUT2D eigenvalue weighted by Crippen LogP contribution is 2.15. The monoisotopic (exact) mass is 282 g/mol. The lowest BCUT2D eigenvalue weighted by Crippen LogP contribution is -2.46. The van der Waals surface area contributed by atoms with Gasteiger partial charge in [0.2, 0.25) is 0 Å². The highest BCUT2D eigenvalue weighted by Gasteiger charge is 2.20. The molecule has 20 heavy (non-hydrogen) atoms. The number of hydrogen-bond acceptors (Lipinski definition) is 5. The molecule has 0 saturated heterocycles. The maximum absolute atomic E-state index is 5.61. The summed E-state index contributed by atoms with van der Waals surface area (Å²) < 4.78 is 16.3. The molecule has 0 aliphatic heterocycles. The number of rotatable bonds is 10. The fraction of sp³-hybridized carbons (Fsp3) is 0.600. The Kier molecular flexibility index (Phi) is 8.22. The maximum Gasteiger partial charge on any atom is 0.174 e. The van der Waals surface area contributed by atoms with Crippen molar-refractivity contribution in [3.8, 4) is 5.75 Å². The first-order chi connectivity index (χ1) is 9.74. The summed E-state index contributed by atoms with van der Waals surface area (Å²) in [6.07, 6.45) is 1.43. The molecule has 5 heteroatoms. The van der Waals surface area contributed by atoms with Crippen molar-refractivity contribution in [1.82, 2.24) is 5.43 Å². The minimum atomic E-state index is -0.312. The van der Waals surface area contributed by atoms with E-state index >= 15 is 0 Å². The SMILES string of the molecule is CCOC(OCC)C(CCc1ccc(OC)cc1)NN. The van der Waals surface area contributed by atoms with Crippen LogP contribution in [0.2, 0.25) is 0 Å². The number of aryl methyl sites for hydroxylation is 1. The number of hydrazine groups is 1. The van der Waals surface area contributed by atoms with Crippen LogP contribution in [0.25, 0.3) is 0 Å². The highest BCUT2D eigenvalue weighted by molar-refractivity contribution is 5.27. The van der Waals surface area contributed by atoms with E-state index in [2.05, 4.69) is 17.6 Å². The van der Waals surface area contributed by atoms with Crippen molar-refractivity contribution in [1.29, 1.82) is 0 Å². The molecule has 0 amide bonds. The van der Waals surface area contributed by atoms with Gasteiger partial charge in [0.15, 0.2) is 6.29 Å². The molecule has 1 unspecified atom stereocenters. The Labute approximate surface area is 121 Å². The Hall–Kier alpha value is -1.14. The van der Waals surface area contributed by atoms with Crippen molar-refractivity contribution in [2.24, 2.45) is 5.84 Å². The molecule has 0 heterocycles. The molecular formula is C15H26N2O3. The van der Waals surface area contributed by atoms with Gasteiger partial charge in [0.1, 0.15) is 5.75 Å². The summed E-state index contributed by atoms with van der Waals surface area (Å²) in [5, 5.41) is 0. The molecule has 1 aromatic rings. The van der Waals surface area contributed by atoms with Crippen molar-refractivity contribution in [3.05, 3.63) is 29.8 Å². The average molecular weight is 282 g/mol. The van der Waals surface area contributed by atoms with Crippen LogP contribution >= 0.6 is 0 Å². The van der Waals surface area contributed by atoms with Gasteiger partial charge in [-0.1, -0.05) is 12.1 Å². The molecule has 0 saturated carbocycles. The first kappa shape index (κ1) is 16.9. The van der Waals surface area contributed by atoms with Crippen LogP contribution in [0.15, 0.2) is 24.3 Å². The largest absolute Gasteiger partial charge is 0.497 e. The van der Waals surface area contributed by atoms with Crippen molar-refractivity contribution in [2.45, 2.75) is 39.0 Å². The van der Waals surface area contributed by atoms with Crippen LogP contribution in [0.3, 0.4) is 0 Å². The molecule has 0 aliphatic carbocycles. The zero-order chi connectivity index (χ0) is 14.8. The van der Waals surface area contributed by atoms with Crippen molar-refractivity contribution in [3.63, 3.8) is 0 Å². The number of hydrogen-bond donors (Lipinski definition) is 2. The average Bonchev–Trinajstić information content (AvgIpc) is 2.49. The fourth-order valence-electron chi connectivity index (χ4n) is 2.02. The van der Waals surface area contributed by atoms with E-state index in [1.54, 1.807) is 7.11 Å². The third kappa shape index (κ3) is 5.46. The quantitative estimate of drug-likeness (QED) is 0.389. The van der Waals surface area contributed by atoms with Gasteiger partial charge in [-0.25, -0.2) is 0 Å². The van der Waals surface area contributed by atoms with Crippen LogP contribution in [0.1, 0.15) is 25.8 Å². The third-order valence-corrected chi connectivity index (χ3v) is 3.11. The van der Waals surface area contributed by atoms with E-state index in [9.17, 15) is 0 Å². The van der Waals surface area contributed by atoms with Crippen LogP contribution in [0.4, 0.5) is 0 Å². The molecule has 114 valence electrons. The molecule has 3 N–H and O–H groups in total. The van der Waals surface area contributed by atoms with Gasteiger partial charge in [0.05, 0.1) is 13.2 Å². The molecule has 1 rings (SSSR count). The molecule has 0 aromatic heterocycles. The number of benzene rings is 1. The lowest BCUT2D eigenvalue weighted by Gasteiger charge is -2.26. The second-order valence-corrected chi connectivity index (χ2v) is 4.44. The van der Waals surface area contributed by atoms with Gasteiger partial charge in [0.25, 0.3) is 0 Å². The number of ether oxygens (including phenoxy) is 3. The smallest absolute Gasteiger partial charge is 0.174 e. The molecule has 0 fully saturated rings. The summed E-state index contributed by atoms with van der Waals surface area (Å²) in [5.41, 5.74) is 4.02. The second-order valence-electron chi connectivity index (χ2n) is 4.44. The van der Waals surface area contributed by atoms with Crippen LogP contribution in [-0.2, 0) is 15.9 Å². The normalized spacial score (nSPS) is 12.7. The van der Waals surface area contributed by atoms with Gasteiger partial charge in [-0.3, -0.25) is 11.3 Å². The van der Waals surface area contributed by atoms with Crippen LogP contribution in [0.5, 0.6) is 5.75 Å². The van der Waals surface area contributed by atoms with Gasteiger partial charge in [-0.2, -0.15) is 0 Å². The number of methoxy groups -OCH3 is 1. The van der Waals surface area contributed by atoms with E-state index in [0.717, 1.165) is 18.6 Å². The first-order valence-corrected chi connectivity index (χ1v) is 7.07. The standard InChI is InChI=1S/C15H26N2O3/c1-4-19-15(20-5-2)14(17-16)11-8-12-6-9-13(18-3)10-7-12/h6-7,9-10,14-15,17H,4-5,8,11,16H2,1-3H3. The lowest BCUT2D eigenvalue weighted by atomic mass is 10.0.